The maximum atomic E-state index is 11.9. The largest absolute Gasteiger partial charge is 0.440 e. The summed E-state index contributed by atoms with van der Waals surface area (Å²) in [7, 11) is 0. The van der Waals surface area contributed by atoms with Crippen LogP contribution in [0, 0.1) is 12.8 Å². The van der Waals surface area contributed by atoms with Gasteiger partial charge in [-0.1, -0.05) is 61.6 Å². The molecule has 3 fully saturated rings. The number of ether oxygens (including phenoxy) is 1. The van der Waals surface area contributed by atoms with E-state index in [9.17, 15) is 9.59 Å². The van der Waals surface area contributed by atoms with E-state index in [1.54, 1.807) is 0 Å². The second-order valence-electron chi connectivity index (χ2n) is 10.5. The summed E-state index contributed by atoms with van der Waals surface area (Å²) in [5.74, 6) is 2.57. The highest BCUT2D eigenvalue weighted by Crippen LogP contribution is 2.38. The Labute approximate surface area is 212 Å². The van der Waals surface area contributed by atoms with Crippen molar-refractivity contribution in [2.24, 2.45) is 5.92 Å². The first-order valence-electron chi connectivity index (χ1n) is 13.2. The molecule has 0 radical (unpaired) electrons. The summed E-state index contributed by atoms with van der Waals surface area (Å²) >= 11 is 1.14. The second kappa shape index (κ2) is 11.3. The van der Waals surface area contributed by atoms with Gasteiger partial charge in [0.05, 0.1) is 18.0 Å². The van der Waals surface area contributed by atoms with E-state index >= 15 is 0 Å². The van der Waals surface area contributed by atoms with Crippen LogP contribution in [0.2, 0.25) is 0 Å². The standard InChI is InChI=1S/C28H36N2O4S/c1-18-10-13-21(14-11-18)27-29-23(25(34-27)20-7-3-2-4-8-20)17-33-22-9-5-6-19(16-22)12-15-24-26(31)30-28(32)35-24/h10-11,13-14,19-20,22,24H,2-9,12,15-17H2,1H3,(H,30,31,32)/t19-,22-,24?/m1/s1. The maximum absolute atomic E-state index is 11.9. The van der Waals surface area contributed by atoms with Crippen LogP contribution in [0.4, 0.5) is 4.79 Å². The molecule has 2 aliphatic carbocycles. The minimum absolute atomic E-state index is 0.130. The van der Waals surface area contributed by atoms with Crippen molar-refractivity contribution in [3.8, 4) is 11.5 Å². The smallest absolute Gasteiger partial charge is 0.286 e. The predicted octanol–water partition coefficient (Wildman–Crippen LogP) is 6.90. The number of benzene rings is 1. The van der Waals surface area contributed by atoms with Crippen molar-refractivity contribution in [3.05, 3.63) is 41.3 Å². The fourth-order valence-electron chi connectivity index (χ4n) is 5.79. The van der Waals surface area contributed by atoms with Crippen LogP contribution in [0.1, 0.15) is 93.6 Å². The van der Waals surface area contributed by atoms with E-state index in [0.717, 1.165) is 73.7 Å². The van der Waals surface area contributed by atoms with Crippen molar-refractivity contribution >= 4 is 22.9 Å². The Hall–Kier alpha value is -2.12. The lowest BCUT2D eigenvalue weighted by atomic mass is 9.84. The molecule has 1 saturated heterocycles. The zero-order chi connectivity index (χ0) is 24.2. The lowest BCUT2D eigenvalue weighted by molar-refractivity contribution is -0.119. The van der Waals surface area contributed by atoms with Crippen LogP contribution in [0.25, 0.3) is 11.5 Å². The van der Waals surface area contributed by atoms with Crippen LogP contribution in [0.5, 0.6) is 0 Å². The summed E-state index contributed by atoms with van der Waals surface area (Å²) in [6, 6.07) is 8.36. The lowest BCUT2D eigenvalue weighted by Gasteiger charge is -2.29. The lowest BCUT2D eigenvalue weighted by Crippen LogP contribution is -2.26. The van der Waals surface area contributed by atoms with E-state index in [1.165, 1.54) is 31.2 Å². The monoisotopic (exact) mass is 496 g/mol. The van der Waals surface area contributed by atoms with Crippen LogP contribution in [0.3, 0.4) is 0 Å². The highest BCUT2D eigenvalue weighted by atomic mass is 32.2. The van der Waals surface area contributed by atoms with Crippen molar-refractivity contribution < 1.29 is 18.7 Å². The molecular weight excluding hydrogens is 460 g/mol. The van der Waals surface area contributed by atoms with Gasteiger partial charge >= 0.3 is 0 Å². The highest BCUT2D eigenvalue weighted by molar-refractivity contribution is 8.15. The molecule has 5 rings (SSSR count). The fourth-order valence-corrected chi connectivity index (χ4v) is 6.63. The molecule has 2 heterocycles. The molecule has 6 nitrogen and oxygen atoms in total. The number of amides is 2. The van der Waals surface area contributed by atoms with E-state index < -0.39 is 0 Å². The first-order valence-corrected chi connectivity index (χ1v) is 14.1. The number of hydrogen-bond acceptors (Lipinski definition) is 6. The third kappa shape index (κ3) is 6.18. The SMILES string of the molecule is Cc1ccc(-c2nc(CO[C@@H]3CCC[C@H](CCC4SC(=O)NC4=O)C3)c(C3CCCCC3)o2)cc1. The Morgan fingerprint density at radius 3 is 2.57 bits per heavy atom. The molecule has 3 aliphatic rings. The topological polar surface area (TPSA) is 81.4 Å². The van der Waals surface area contributed by atoms with E-state index in [0.29, 0.717) is 24.3 Å². The van der Waals surface area contributed by atoms with Crippen molar-refractivity contribution in [1.82, 2.24) is 10.3 Å². The number of hydrogen-bond donors (Lipinski definition) is 1. The number of oxazole rings is 1. The summed E-state index contributed by atoms with van der Waals surface area (Å²) in [4.78, 5) is 28.2. The van der Waals surface area contributed by atoms with Gasteiger partial charge in [0, 0.05) is 11.5 Å². The van der Waals surface area contributed by atoms with Gasteiger partial charge in [-0.25, -0.2) is 4.98 Å². The number of rotatable bonds is 8. The third-order valence-electron chi connectivity index (χ3n) is 7.80. The van der Waals surface area contributed by atoms with Gasteiger partial charge in [0.1, 0.15) is 11.5 Å². The van der Waals surface area contributed by atoms with Crippen molar-refractivity contribution in [1.29, 1.82) is 0 Å². The average molecular weight is 497 g/mol. The van der Waals surface area contributed by atoms with Crippen molar-refractivity contribution in [2.45, 2.75) is 101 Å². The van der Waals surface area contributed by atoms with Gasteiger partial charge in [0.25, 0.3) is 5.24 Å². The molecule has 7 heteroatoms. The van der Waals surface area contributed by atoms with Crippen LogP contribution in [0.15, 0.2) is 28.7 Å². The minimum atomic E-state index is -0.225. The van der Waals surface area contributed by atoms with E-state index in [2.05, 4.69) is 36.5 Å². The maximum Gasteiger partial charge on any atom is 0.286 e. The molecule has 188 valence electrons. The number of nitrogens with one attached hydrogen (secondary N) is 1. The molecule has 35 heavy (non-hydrogen) atoms. The number of imide groups is 1. The Morgan fingerprint density at radius 1 is 1.03 bits per heavy atom. The number of nitrogens with zero attached hydrogens (tertiary/aromatic N) is 1. The number of aryl methyl sites for hydroxylation is 1. The van der Waals surface area contributed by atoms with Crippen LogP contribution >= 0.6 is 11.8 Å². The summed E-state index contributed by atoms with van der Waals surface area (Å²) in [5, 5.41) is 1.96. The van der Waals surface area contributed by atoms with E-state index in [-0.39, 0.29) is 22.5 Å². The molecule has 0 bridgehead atoms. The average Bonchev–Trinajstić information content (AvgIpc) is 3.45. The number of thioether (sulfide) groups is 1. The van der Waals surface area contributed by atoms with Crippen molar-refractivity contribution in [3.63, 3.8) is 0 Å². The zero-order valence-electron chi connectivity index (χ0n) is 20.6. The molecule has 2 saturated carbocycles. The summed E-state index contributed by atoms with van der Waals surface area (Å²) < 4.78 is 12.8. The summed E-state index contributed by atoms with van der Waals surface area (Å²) in [6.45, 7) is 2.58. The number of aromatic nitrogens is 1. The molecule has 1 N–H and O–H groups in total. The summed E-state index contributed by atoms with van der Waals surface area (Å²) in [6.07, 6.45) is 12.4. The fraction of sp³-hybridized carbons (Fsp3) is 0.607. The van der Waals surface area contributed by atoms with Crippen LogP contribution in [-0.2, 0) is 16.1 Å². The molecule has 1 aromatic heterocycles. The Bertz CT molecular complexity index is 1030. The third-order valence-corrected chi connectivity index (χ3v) is 8.85. The molecule has 2 amide bonds. The van der Waals surface area contributed by atoms with Gasteiger partial charge in [-0.15, -0.1) is 0 Å². The zero-order valence-corrected chi connectivity index (χ0v) is 21.4. The van der Waals surface area contributed by atoms with Gasteiger partial charge in [0.15, 0.2) is 0 Å². The highest BCUT2D eigenvalue weighted by Gasteiger charge is 2.33. The van der Waals surface area contributed by atoms with Gasteiger partial charge in [-0.05, 0) is 63.5 Å². The molecule has 2 aromatic rings. The van der Waals surface area contributed by atoms with Gasteiger partial charge in [-0.3, -0.25) is 14.9 Å². The van der Waals surface area contributed by atoms with Crippen molar-refractivity contribution in [2.75, 3.05) is 0 Å². The van der Waals surface area contributed by atoms with E-state index in [4.69, 9.17) is 14.1 Å². The molecule has 1 aromatic carbocycles. The number of carbonyl (C=O) groups is 2. The molecule has 1 unspecified atom stereocenters. The Kier molecular flexibility index (Phi) is 7.93. The molecular formula is C28H36N2O4S. The normalized spacial score (nSPS) is 25.7. The van der Waals surface area contributed by atoms with E-state index in [1.807, 2.05) is 0 Å². The first-order chi connectivity index (χ1) is 17.0. The minimum Gasteiger partial charge on any atom is -0.440 e. The molecule has 1 aliphatic heterocycles. The Balaban J connectivity index is 1.22. The molecule has 0 spiro atoms. The summed E-state index contributed by atoms with van der Waals surface area (Å²) in [5.41, 5.74) is 3.21. The number of carbonyl (C=O) groups excluding carboxylic acids is 2. The van der Waals surface area contributed by atoms with Crippen LogP contribution in [-0.4, -0.2) is 27.5 Å². The Morgan fingerprint density at radius 2 is 1.83 bits per heavy atom. The first kappa shape index (κ1) is 24.6. The van der Waals surface area contributed by atoms with Crippen LogP contribution < -0.4 is 5.32 Å². The quantitative estimate of drug-likeness (QED) is 0.428. The van der Waals surface area contributed by atoms with Gasteiger partial charge in [0.2, 0.25) is 11.8 Å². The van der Waals surface area contributed by atoms with Gasteiger partial charge < -0.3 is 9.15 Å². The predicted molar refractivity (Wildman–Crippen MR) is 137 cm³/mol. The van der Waals surface area contributed by atoms with Gasteiger partial charge in [-0.2, -0.15) is 0 Å². The second-order valence-corrected chi connectivity index (χ2v) is 11.6. The molecule has 3 atom stereocenters.